The number of aliphatic hydroxyl groups is 1. The van der Waals surface area contributed by atoms with Crippen LogP contribution in [-0.4, -0.2) is 27.7 Å². The van der Waals surface area contributed by atoms with Crippen LogP contribution in [-0.2, 0) is 4.79 Å². The minimum absolute atomic E-state index is 0.408. The van der Waals surface area contributed by atoms with Gasteiger partial charge in [0.15, 0.2) is 5.60 Å². The van der Waals surface area contributed by atoms with Gasteiger partial charge < -0.3 is 10.2 Å². The molecule has 5 heteroatoms. The van der Waals surface area contributed by atoms with Crippen LogP contribution in [0.5, 0.6) is 0 Å². The Bertz CT molecular complexity index is 248. The highest BCUT2D eigenvalue weighted by atomic mass is 19.3. The van der Waals surface area contributed by atoms with Crippen molar-refractivity contribution in [1.29, 1.82) is 0 Å². The smallest absolute Gasteiger partial charge is 0.378 e. The average molecular weight is 192 g/mol. The fourth-order valence-corrected chi connectivity index (χ4v) is 1.25. The quantitative estimate of drug-likeness (QED) is 0.654. The van der Waals surface area contributed by atoms with Gasteiger partial charge in [0.2, 0.25) is 0 Å². The first-order chi connectivity index (χ1) is 5.86. The number of alkyl halides is 2. The lowest BCUT2D eigenvalue weighted by Crippen LogP contribution is -2.53. The second-order valence-electron chi connectivity index (χ2n) is 3.18. The summed E-state index contributed by atoms with van der Waals surface area (Å²) in [6.07, 6.45) is 1.44. The maximum Gasteiger partial charge on any atom is 0.378 e. The van der Waals surface area contributed by atoms with Crippen LogP contribution in [0.15, 0.2) is 12.7 Å². The van der Waals surface area contributed by atoms with Gasteiger partial charge in [0, 0.05) is 0 Å². The van der Waals surface area contributed by atoms with Gasteiger partial charge >= 0.3 is 11.9 Å². The highest BCUT2D eigenvalue weighted by Gasteiger charge is 2.63. The van der Waals surface area contributed by atoms with Gasteiger partial charge in [-0.25, -0.2) is 4.79 Å². The predicted molar refractivity (Wildman–Crippen MR) is 40.5 cm³/mol. The first-order valence-electron chi connectivity index (χ1n) is 3.83. The van der Waals surface area contributed by atoms with Crippen LogP contribution in [0.3, 0.4) is 0 Å². The molecular weight excluding hydrogens is 182 g/mol. The Hall–Kier alpha value is -0.970. The number of carbonyl (C=O) groups is 1. The van der Waals surface area contributed by atoms with Gasteiger partial charge in [-0.1, -0.05) is 12.7 Å². The van der Waals surface area contributed by atoms with Crippen molar-refractivity contribution in [2.45, 2.75) is 24.4 Å². The summed E-state index contributed by atoms with van der Waals surface area (Å²) in [5.74, 6) is -7.16. The zero-order valence-electron chi connectivity index (χ0n) is 6.83. The van der Waals surface area contributed by atoms with Crippen LogP contribution in [0.25, 0.3) is 0 Å². The highest BCUT2D eigenvalue weighted by Crippen LogP contribution is 2.48. The first kappa shape index (κ1) is 10.1. The molecule has 0 aromatic heterocycles. The number of carboxylic acid groups (broad SMARTS) is 1. The van der Waals surface area contributed by atoms with Gasteiger partial charge in [-0.2, -0.15) is 8.78 Å². The summed E-state index contributed by atoms with van der Waals surface area (Å²) in [6, 6.07) is 0. The molecule has 0 spiro atoms. The third kappa shape index (κ3) is 1.33. The minimum atomic E-state index is -4.16. The van der Waals surface area contributed by atoms with E-state index in [-0.39, 0.29) is 0 Å². The molecule has 2 N–H and O–H groups in total. The molecule has 0 aromatic rings. The topological polar surface area (TPSA) is 57.5 Å². The molecule has 1 atom stereocenters. The summed E-state index contributed by atoms with van der Waals surface area (Å²) in [5, 5.41) is 17.6. The molecule has 1 aliphatic rings. The molecular formula is C8H10F2O3. The summed E-state index contributed by atoms with van der Waals surface area (Å²) >= 11 is 0. The lowest BCUT2D eigenvalue weighted by molar-refractivity contribution is -0.201. The summed E-state index contributed by atoms with van der Waals surface area (Å²) < 4.78 is 25.9. The van der Waals surface area contributed by atoms with E-state index in [9.17, 15) is 18.7 Å². The average Bonchev–Trinajstić information content (AvgIpc) is 2.84. The van der Waals surface area contributed by atoms with Crippen LogP contribution >= 0.6 is 0 Å². The molecule has 1 rings (SSSR count). The molecule has 0 aliphatic heterocycles. The number of hydrogen-bond acceptors (Lipinski definition) is 2. The van der Waals surface area contributed by atoms with E-state index >= 15 is 0 Å². The molecule has 0 aromatic carbocycles. The fourth-order valence-electron chi connectivity index (χ4n) is 1.25. The Morgan fingerprint density at radius 1 is 1.54 bits per heavy atom. The third-order valence-electron chi connectivity index (χ3n) is 2.28. The number of hydrogen-bond donors (Lipinski definition) is 2. The maximum absolute atomic E-state index is 13.0. The Kier molecular flexibility index (Phi) is 2.15. The molecule has 0 saturated heterocycles. The maximum atomic E-state index is 13.0. The van der Waals surface area contributed by atoms with E-state index in [4.69, 9.17) is 5.11 Å². The molecule has 1 aliphatic carbocycles. The van der Waals surface area contributed by atoms with Crippen molar-refractivity contribution < 1.29 is 23.8 Å². The zero-order valence-corrected chi connectivity index (χ0v) is 6.83. The standard InChI is InChI=1S/C8H10F2O3/c1-2-7(13,5-3-4-5)8(9,10)6(11)12/h2,5,13H,1,3-4H2,(H,11,12). The van der Waals surface area contributed by atoms with E-state index in [1.165, 1.54) is 0 Å². The van der Waals surface area contributed by atoms with Gasteiger partial charge in [0.1, 0.15) is 0 Å². The van der Waals surface area contributed by atoms with E-state index < -0.39 is 23.4 Å². The lowest BCUT2D eigenvalue weighted by atomic mass is 9.90. The molecule has 3 nitrogen and oxygen atoms in total. The van der Waals surface area contributed by atoms with E-state index in [1.54, 1.807) is 0 Å². The van der Waals surface area contributed by atoms with Crippen LogP contribution in [0, 0.1) is 5.92 Å². The van der Waals surface area contributed by atoms with Gasteiger partial charge in [0.25, 0.3) is 0 Å². The first-order valence-corrected chi connectivity index (χ1v) is 3.83. The summed E-state index contributed by atoms with van der Waals surface area (Å²) in [5.41, 5.74) is -2.60. The van der Waals surface area contributed by atoms with Crippen molar-refractivity contribution in [2.75, 3.05) is 0 Å². The zero-order chi connectivity index (χ0) is 10.3. The lowest BCUT2D eigenvalue weighted by Gasteiger charge is -2.29. The van der Waals surface area contributed by atoms with Crippen LogP contribution in [0.4, 0.5) is 8.78 Å². The van der Waals surface area contributed by atoms with Gasteiger partial charge in [0.05, 0.1) is 0 Å². The van der Waals surface area contributed by atoms with E-state index in [2.05, 4.69) is 6.58 Å². The summed E-state index contributed by atoms with van der Waals surface area (Å²) in [6.45, 7) is 3.05. The van der Waals surface area contributed by atoms with E-state index in [0.717, 1.165) is 0 Å². The highest BCUT2D eigenvalue weighted by molar-refractivity contribution is 5.77. The van der Waals surface area contributed by atoms with Gasteiger partial charge in [-0.05, 0) is 18.8 Å². The van der Waals surface area contributed by atoms with Gasteiger partial charge in [-0.15, -0.1) is 0 Å². The van der Waals surface area contributed by atoms with Crippen molar-refractivity contribution in [3.63, 3.8) is 0 Å². The molecule has 74 valence electrons. The number of aliphatic carboxylic acids is 1. The Labute approximate surface area is 73.7 Å². The molecule has 1 fully saturated rings. The van der Waals surface area contributed by atoms with Gasteiger partial charge in [-0.3, -0.25) is 0 Å². The predicted octanol–water partition coefficient (Wildman–Crippen LogP) is 1.03. The molecule has 0 radical (unpaired) electrons. The molecule has 1 unspecified atom stereocenters. The Balaban J connectivity index is 2.99. The van der Waals surface area contributed by atoms with Crippen molar-refractivity contribution in [1.82, 2.24) is 0 Å². The normalized spacial score (nSPS) is 22.1. The summed E-state index contributed by atoms with van der Waals surface area (Å²) in [7, 11) is 0. The van der Waals surface area contributed by atoms with Crippen molar-refractivity contribution in [3.05, 3.63) is 12.7 Å². The Morgan fingerprint density at radius 2 is 2.00 bits per heavy atom. The number of halogens is 2. The fraction of sp³-hybridized carbons (Fsp3) is 0.625. The van der Waals surface area contributed by atoms with E-state index in [1.807, 2.05) is 0 Å². The minimum Gasteiger partial charge on any atom is -0.477 e. The second-order valence-corrected chi connectivity index (χ2v) is 3.18. The van der Waals surface area contributed by atoms with Crippen LogP contribution in [0.2, 0.25) is 0 Å². The van der Waals surface area contributed by atoms with Crippen molar-refractivity contribution in [2.24, 2.45) is 5.92 Å². The van der Waals surface area contributed by atoms with Crippen LogP contribution in [0.1, 0.15) is 12.8 Å². The third-order valence-corrected chi connectivity index (χ3v) is 2.28. The monoisotopic (exact) mass is 192 g/mol. The number of carboxylic acids is 1. The van der Waals surface area contributed by atoms with Crippen molar-refractivity contribution >= 4 is 5.97 Å². The molecule has 0 bridgehead atoms. The second kappa shape index (κ2) is 2.77. The van der Waals surface area contributed by atoms with E-state index in [0.29, 0.717) is 18.9 Å². The largest absolute Gasteiger partial charge is 0.477 e. The molecule has 0 heterocycles. The molecule has 1 saturated carbocycles. The Morgan fingerprint density at radius 3 is 2.23 bits per heavy atom. The number of rotatable bonds is 4. The van der Waals surface area contributed by atoms with Crippen LogP contribution < -0.4 is 0 Å². The van der Waals surface area contributed by atoms with Crippen molar-refractivity contribution in [3.8, 4) is 0 Å². The molecule has 0 amide bonds. The summed E-state index contributed by atoms with van der Waals surface area (Å²) in [4.78, 5) is 10.2. The molecule has 13 heavy (non-hydrogen) atoms. The SMILES string of the molecule is C=CC(O)(C1CC1)C(F)(F)C(=O)O.